The molecule has 0 bridgehead atoms. The Morgan fingerprint density at radius 1 is 1.33 bits per heavy atom. The first-order valence-corrected chi connectivity index (χ1v) is 4.19. The molecule has 0 spiro atoms. The molecule has 0 aliphatic carbocycles. The molecule has 0 saturated heterocycles. The van der Waals surface area contributed by atoms with Gasteiger partial charge in [0.2, 0.25) is 0 Å². The highest BCUT2D eigenvalue weighted by Gasteiger charge is 2.14. The summed E-state index contributed by atoms with van der Waals surface area (Å²) in [5.41, 5.74) is 5.41. The second-order valence-corrected chi connectivity index (χ2v) is 3.35. The van der Waals surface area contributed by atoms with Gasteiger partial charge in [-0.2, -0.15) is 0 Å². The van der Waals surface area contributed by atoms with E-state index in [1.165, 1.54) is 6.08 Å². The molecule has 72 valence electrons. The van der Waals surface area contributed by atoms with Crippen LogP contribution in [-0.2, 0) is 0 Å². The summed E-state index contributed by atoms with van der Waals surface area (Å²) < 4.78 is 0. The molecular weight excluding hydrogens is 150 g/mol. The number of hydrogen-bond donors (Lipinski definition) is 2. The van der Waals surface area contributed by atoms with Crippen molar-refractivity contribution in [2.75, 3.05) is 0 Å². The van der Waals surface area contributed by atoms with Crippen molar-refractivity contribution < 1.29 is 5.11 Å². The zero-order valence-corrected chi connectivity index (χ0v) is 8.81. The minimum absolute atomic E-state index is 0.234. The van der Waals surface area contributed by atoms with Crippen LogP contribution in [0.4, 0.5) is 0 Å². The first-order valence-electron chi connectivity index (χ1n) is 4.19. The van der Waals surface area contributed by atoms with Gasteiger partial charge in [0.15, 0.2) is 0 Å². The highest BCUT2D eigenvalue weighted by atomic mass is 16.3. The van der Waals surface area contributed by atoms with Gasteiger partial charge < -0.3 is 10.8 Å². The van der Waals surface area contributed by atoms with E-state index in [0.29, 0.717) is 5.70 Å². The summed E-state index contributed by atoms with van der Waals surface area (Å²) in [6, 6.07) is 0. The van der Waals surface area contributed by atoms with Crippen LogP contribution in [0.3, 0.4) is 0 Å². The molecule has 3 N–H and O–H groups in total. The molecule has 0 aliphatic heterocycles. The van der Waals surface area contributed by atoms with Crippen molar-refractivity contribution in [1.29, 1.82) is 0 Å². The van der Waals surface area contributed by atoms with E-state index >= 15 is 0 Å². The van der Waals surface area contributed by atoms with Crippen LogP contribution in [-0.4, -0.2) is 5.11 Å². The Hall–Kier alpha value is -0.920. The molecule has 0 saturated carbocycles. The van der Waals surface area contributed by atoms with Gasteiger partial charge in [-0.05, 0) is 6.08 Å². The van der Waals surface area contributed by atoms with E-state index in [1.807, 2.05) is 34.6 Å². The van der Waals surface area contributed by atoms with Gasteiger partial charge in [-0.1, -0.05) is 41.2 Å². The molecule has 2 nitrogen and oxygen atoms in total. The maximum Gasteiger partial charge on any atom is 0.0996 e. The van der Waals surface area contributed by atoms with Crippen LogP contribution in [0.1, 0.15) is 34.6 Å². The Morgan fingerprint density at radius 2 is 1.67 bits per heavy atom. The number of nitrogens with two attached hydrogens (primary N) is 1. The molecule has 12 heavy (non-hydrogen) atoms. The first-order chi connectivity index (χ1) is 5.34. The lowest BCUT2D eigenvalue weighted by molar-refractivity contribution is 0.277. The quantitative estimate of drug-likeness (QED) is 0.470. The van der Waals surface area contributed by atoms with E-state index in [1.54, 1.807) is 0 Å². The summed E-state index contributed by atoms with van der Waals surface area (Å²) in [7, 11) is 0. The number of aliphatic hydroxyl groups excluding tert-OH is 1. The zero-order valence-electron chi connectivity index (χ0n) is 8.81. The molecule has 0 aromatic heterocycles. The molecule has 0 amide bonds. The number of hydrogen-bond acceptors (Lipinski definition) is 2. The average Bonchev–Trinajstić information content (AvgIpc) is 1.88. The zero-order chi connectivity index (χ0) is 10.4. The first kappa shape index (κ1) is 13.7. The molecule has 0 rings (SSSR count). The third-order valence-corrected chi connectivity index (χ3v) is 1.09. The molecule has 0 aliphatic rings. The fourth-order valence-corrected chi connectivity index (χ4v) is 0.392. The molecule has 0 unspecified atom stereocenters. The van der Waals surface area contributed by atoms with E-state index in [2.05, 4.69) is 6.58 Å². The Bertz CT molecular complexity index is 163. The second kappa shape index (κ2) is 5.70. The van der Waals surface area contributed by atoms with E-state index in [9.17, 15) is 5.11 Å². The van der Waals surface area contributed by atoms with Gasteiger partial charge in [-0.25, -0.2) is 0 Å². The van der Waals surface area contributed by atoms with Gasteiger partial charge >= 0.3 is 0 Å². The Kier molecular flexibility index (Phi) is 6.48. The molecular formula is C10H21NO. The average molecular weight is 171 g/mol. The number of allylic oxidation sites excluding steroid dienone is 2. The molecule has 0 aromatic rings. The maximum atomic E-state index is 9.28. The third-order valence-electron chi connectivity index (χ3n) is 1.09. The van der Waals surface area contributed by atoms with Gasteiger partial charge in [0.25, 0.3) is 0 Å². The van der Waals surface area contributed by atoms with Crippen LogP contribution in [0.25, 0.3) is 0 Å². The highest BCUT2D eigenvalue weighted by molar-refractivity contribution is 5.16. The van der Waals surface area contributed by atoms with E-state index < -0.39 is 0 Å². The van der Waals surface area contributed by atoms with Crippen molar-refractivity contribution >= 4 is 0 Å². The maximum absolute atomic E-state index is 9.28. The van der Waals surface area contributed by atoms with Gasteiger partial charge in [-0.3, -0.25) is 0 Å². The molecule has 0 atom stereocenters. The van der Waals surface area contributed by atoms with Gasteiger partial charge in [0.05, 0.1) is 5.76 Å². The van der Waals surface area contributed by atoms with Crippen molar-refractivity contribution in [3.8, 4) is 0 Å². The Balaban J connectivity index is 0. The fraction of sp³-hybridized carbons (Fsp3) is 0.600. The van der Waals surface area contributed by atoms with E-state index in [-0.39, 0.29) is 11.2 Å². The molecule has 0 heterocycles. The van der Waals surface area contributed by atoms with E-state index in [0.717, 1.165) is 0 Å². The smallest absolute Gasteiger partial charge is 0.0996 e. The SMILES string of the molecule is C=C(N)/C=C(\O)C(C)(C)C.CC. The second-order valence-electron chi connectivity index (χ2n) is 3.35. The number of aliphatic hydroxyl groups is 1. The van der Waals surface area contributed by atoms with Gasteiger partial charge in [-0.15, -0.1) is 0 Å². The predicted octanol–water partition coefficient (Wildman–Crippen LogP) is 2.97. The van der Waals surface area contributed by atoms with Gasteiger partial charge in [0.1, 0.15) is 0 Å². The van der Waals surface area contributed by atoms with Crippen LogP contribution in [0, 0.1) is 5.41 Å². The summed E-state index contributed by atoms with van der Waals surface area (Å²) in [5.74, 6) is 0.264. The minimum atomic E-state index is -0.234. The van der Waals surface area contributed by atoms with Crippen LogP contribution < -0.4 is 5.73 Å². The normalized spacial score (nSPS) is 11.6. The molecule has 0 fully saturated rings. The van der Waals surface area contributed by atoms with E-state index in [4.69, 9.17) is 5.73 Å². The summed E-state index contributed by atoms with van der Waals surface area (Å²) in [4.78, 5) is 0. The minimum Gasteiger partial charge on any atom is -0.512 e. The van der Waals surface area contributed by atoms with Crippen molar-refractivity contribution in [3.05, 3.63) is 24.1 Å². The lowest BCUT2D eigenvalue weighted by atomic mass is 9.93. The lowest BCUT2D eigenvalue weighted by Crippen LogP contribution is -2.09. The predicted molar refractivity (Wildman–Crippen MR) is 54.8 cm³/mol. The van der Waals surface area contributed by atoms with Gasteiger partial charge in [0, 0.05) is 11.1 Å². The summed E-state index contributed by atoms with van der Waals surface area (Å²) in [6.07, 6.45) is 1.47. The Labute approximate surface area is 75.8 Å². The summed E-state index contributed by atoms with van der Waals surface area (Å²) in [6.45, 7) is 13.2. The van der Waals surface area contributed by atoms with Crippen molar-refractivity contribution in [2.45, 2.75) is 34.6 Å². The summed E-state index contributed by atoms with van der Waals surface area (Å²) in [5, 5.41) is 9.28. The Morgan fingerprint density at radius 3 is 1.75 bits per heavy atom. The summed E-state index contributed by atoms with van der Waals surface area (Å²) >= 11 is 0. The monoisotopic (exact) mass is 171 g/mol. The molecule has 0 aromatic carbocycles. The highest BCUT2D eigenvalue weighted by Crippen LogP contribution is 2.22. The van der Waals surface area contributed by atoms with Crippen molar-refractivity contribution in [1.82, 2.24) is 0 Å². The third kappa shape index (κ3) is 7.19. The molecule has 0 radical (unpaired) electrons. The standard InChI is InChI=1S/C8H15NO.C2H6/c1-6(9)5-7(10)8(2,3)4;1-2/h5,10H,1,9H2,2-4H3;1-2H3/b7-5-;. The van der Waals surface area contributed by atoms with Crippen molar-refractivity contribution in [3.63, 3.8) is 0 Å². The van der Waals surface area contributed by atoms with Crippen LogP contribution in [0.15, 0.2) is 24.1 Å². The van der Waals surface area contributed by atoms with Crippen LogP contribution in [0.2, 0.25) is 0 Å². The fourth-order valence-electron chi connectivity index (χ4n) is 0.392. The topological polar surface area (TPSA) is 46.2 Å². The number of rotatable bonds is 1. The van der Waals surface area contributed by atoms with Crippen LogP contribution >= 0.6 is 0 Å². The van der Waals surface area contributed by atoms with Crippen LogP contribution in [0.5, 0.6) is 0 Å². The van der Waals surface area contributed by atoms with Crippen molar-refractivity contribution in [2.24, 2.45) is 11.1 Å². The lowest BCUT2D eigenvalue weighted by Gasteiger charge is -2.16. The largest absolute Gasteiger partial charge is 0.512 e. The molecule has 2 heteroatoms.